The predicted molar refractivity (Wildman–Crippen MR) is 87.6 cm³/mol. The number of benzene rings is 2. The monoisotopic (exact) mass is 371 g/mol. The van der Waals surface area contributed by atoms with Gasteiger partial charge in [0.25, 0.3) is 0 Å². The van der Waals surface area contributed by atoms with Crippen LogP contribution in [0.4, 0.5) is 4.39 Å². The number of methoxy groups -OCH3 is 1. The van der Waals surface area contributed by atoms with Crippen LogP contribution in [0.25, 0.3) is 0 Å². The van der Waals surface area contributed by atoms with Crippen LogP contribution in [0.3, 0.4) is 0 Å². The topological polar surface area (TPSA) is 21.3 Å². The van der Waals surface area contributed by atoms with E-state index in [0.717, 1.165) is 10.0 Å². The molecule has 0 bridgehead atoms. The third-order valence-corrected chi connectivity index (χ3v) is 4.02. The minimum absolute atomic E-state index is 0.338. The van der Waals surface area contributed by atoms with Gasteiger partial charge in [-0.05, 0) is 36.9 Å². The lowest BCUT2D eigenvalue weighted by molar-refractivity contribution is 0.403. The second-order valence-corrected chi connectivity index (χ2v) is 5.84. The number of nitrogens with one attached hydrogen (secondary N) is 1. The molecule has 21 heavy (non-hydrogen) atoms. The molecule has 1 unspecified atom stereocenters. The first-order valence-corrected chi connectivity index (χ1v) is 7.76. The number of hydrogen-bond donors (Lipinski definition) is 1. The van der Waals surface area contributed by atoms with Crippen molar-refractivity contribution in [3.8, 4) is 5.75 Å². The minimum Gasteiger partial charge on any atom is -0.496 e. The molecule has 5 heteroatoms. The zero-order valence-corrected chi connectivity index (χ0v) is 14.1. The van der Waals surface area contributed by atoms with Gasteiger partial charge < -0.3 is 10.1 Å². The van der Waals surface area contributed by atoms with Gasteiger partial charge in [-0.15, -0.1) is 0 Å². The number of rotatable bonds is 5. The molecule has 2 rings (SSSR count). The summed E-state index contributed by atoms with van der Waals surface area (Å²) in [7, 11) is 1.60. The lowest BCUT2D eigenvalue weighted by Crippen LogP contribution is -2.24. The highest BCUT2D eigenvalue weighted by Gasteiger charge is 2.23. The summed E-state index contributed by atoms with van der Waals surface area (Å²) < 4.78 is 20.6. The highest BCUT2D eigenvalue weighted by atomic mass is 79.9. The molecule has 2 nitrogen and oxygen atoms in total. The molecule has 0 aliphatic heterocycles. The fourth-order valence-corrected chi connectivity index (χ4v) is 2.94. The molecule has 112 valence electrons. The third-order valence-electron chi connectivity index (χ3n) is 3.20. The Morgan fingerprint density at radius 1 is 1.33 bits per heavy atom. The predicted octanol–water partition coefficient (Wildman–Crippen LogP) is 4.95. The Bertz CT molecular complexity index is 615. The summed E-state index contributed by atoms with van der Waals surface area (Å²) in [5, 5.41) is 3.67. The summed E-state index contributed by atoms with van der Waals surface area (Å²) >= 11 is 9.66. The van der Waals surface area contributed by atoms with Gasteiger partial charge in [-0.2, -0.15) is 0 Å². The molecule has 1 atom stereocenters. The third kappa shape index (κ3) is 3.57. The Morgan fingerprint density at radius 3 is 2.71 bits per heavy atom. The molecule has 0 heterocycles. The van der Waals surface area contributed by atoms with Crippen LogP contribution in [0.2, 0.25) is 5.02 Å². The molecule has 2 aromatic carbocycles. The Kier molecular flexibility index (Phi) is 5.62. The van der Waals surface area contributed by atoms with Crippen LogP contribution in [0.15, 0.2) is 40.9 Å². The van der Waals surface area contributed by atoms with Gasteiger partial charge in [0.1, 0.15) is 11.6 Å². The van der Waals surface area contributed by atoms with Gasteiger partial charge in [0.15, 0.2) is 0 Å². The van der Waals surface area contributed by atoms with Crippen molar-refractivity contribution in [2.75, 3.05) is 13.7 Å². The first kappa shape index (κ1) is 16.3. The average Bonchev–Trinajstić information content (AvgIpc) is 2.46. The second-order valence-electron chi connectivity index (χ2n) is 4.51. The van der Waals surface area contributed by atoms with E-state index in [9.17, 15) is 4.39 Å². The van der Waals surface area contributed by atoms with E-state index in [0.29, 0.717) is 22.9 Å². The maximum Gasteiger partial charge on any atom is 0.129 e. The molecule has 0 aliphatic rings. The van der Waals surface area contributed by atoms with Crippen LogP contribution in [0.1, 0.15) is 24.1 Å². The lowest BCUT2D eigenvalue weighted by atomic mass is 9.97. The van der Waals surface area contributed by atoms with Crippen molar-refractivity contribution in [3.05, 3.63) is 62.8 Å². The molecule has 0 fully saturated rings. The maximum absolute atomic E-state index is 14.3. The molecule has 1 N–H and O–H groups in total. The van der Waals surface area contributed by atoms with Crippen molar-refractivity contribution in [3.63, 3.8) is 0 Å². The van der Waals surface area contributed by atoms with Crippen LogP contribution >= 0.6 is 27.5 Å². The quantitative estimate of drug-likeness (QED) is 0.802. The van der Waals surface area contributed by atoms with E-state index >= 15 is 0 Å². The van der Waals surface area contributed by atoms with Crippen LogP contribution in [0.5, 0.6) is 5.75 Å². The maximum atomic E-state index is 14.3. The van der Waals surface area contributed by atoms with E-state index in [-0.39, 0.29) is 11.9 Å². The summed E-state index contributed by atoms with van der Waals surface area (Å²) in [5.41, 5.74) is 1.26. The summed E-state index contributed by atoms with van der Waals surface area (Å²) in [6.07, 6.45) is 0. The van der Waals surface area contributed by atoms with Gasteiger partial charge in [-0.1, -0.05) is 40.5 Å². The Balaban J connectivity index is 2.61. The smallest absolute Gasteiger partial charge is 0.129 e. The molecular weight excluding hydrogens is 357 g/mol. The van der Waals surface area contributed by atoms with Crippen molar-refractivity contribution in [1.29, 1.82) is 0 Å². The van der Waals surface area contributed by atoms with Crippen LogP contribution < -0.4 is 10.1 Å². The van der Waals surface area contributed by atoms with E-state index < -0.39 is 0 Å². The Hall–Kier alpha value is -1.10. The SMILES string of the molecule is CCNC(c1cc(Br)ccc1OC)c1c(F)cccc1Cl. The molecule has 0 saturated heterocycles. The number of halogens is 3. The minimum atomic E-state index is -0.379. The van der Waals surface area contributed by atoms with Gasteiger partial charge in [-0.3, -0.25) is 0 Å². The first-order valence-electron chi connectivity index (χ1n) is 6.59. The molecule has 2 aromatic rings. The highest BCUT2D eigenvalue weighted by Crippen LogP contribution is 2.36. The molecule has 0 aliphatic carbocycles. The van der Waals surface area contributed by atoms with Crippen molar-refractivity contribution in [2.24, 2.45) is 0 Å². The van der Waals surface area contributed by atoms with Crippen molar-refractivity contribution in [2.45, 2.75) is 13.0 Å². The fraction of sp³-hybridized carbons (Fsp3) is 0.250. The zero-order valence-electron chi connectivity index (χ0n) is 11.8. The largest absolute Gasteiger partial charge is 0.496 e. The molecule has 0 spiro atoms. The molecule has 0 aromatic heterocycles. The van der Waals surface area contributed by atoms with Gasteiger partial charge >= 0.3 is 0 Å². The van der Waals surface area contributed by atoms with E-state index in [4.69, 9.17) is 16.3 Å². The van der Waals surface area contributed by atoms with Gasteiger partial charge in [0, 0.05) is 20.6 Å². The fourth-order valence-electron chi connectivity index (χ4n) is 2.29. The zero-order chi connectivity index (χ0) is 15.4. The van der Waals surface area contributed by atoms with Crippen LogP contribution in [0, 0.1) is 5.82 Å². The summed E-state index contributed by atoms with van der Waals surface area (Å²) in [4.78, 5) is 0. The molecule has 0 radical (unpaired) electrons. The first-order chi connectivity index (χ1) is 10.1. The number of hydrogen-bond acceptors (Lipinski definition) is 2. The Labute approximate surface area is 137 Å². The Morgan fingerprint density at radius 2 is 2.10 bits per heavy atom. The van der Waals surface area contributed by atoms with E-state index in [2.05, 4.69) is 21.2 Å². The van der Waals surface area contributed by atoms with Crippen LogP contribution in [-0.4, -0.2) is 13.7 Å². The normalized spacial score (nSPS) is 12.2. The highest BCUT2D eigenvalue weighted by molar-refractivity contribution is 9.10. The molecule has 0 saturated carbocycles. The molecule has 0 amide bonds. The lowest BCUT2D eigenvalue weighted by Gasteiger charge is -2.23. The van der Waals surface area contributed by atoms with Crippen molar-refractivity contribution >= 4 is 27.5 Å². The van der Waals surface area contributed by atoms with E-state index in [1.807, 2.05) is 25.1 Å². The van der Waals surface area contributed by atoms with Gasteiger partial charge in [0.05, 0.1) is 13.2 Å². The second kappa shape index (κ2) is 7.25. The van der Waals surface area contributed by atoms with Crippen molar-refractivity contribution in [1.82, 2.24) is 5.32 Å². The summed E-state index contributed by atoms with van der Waals surface area (Å²) in [6, 6.07) is 9.96. The van der Waals surface area contributed by atoms with Gasteiger partial charge in [-0.25, -0.2) is 4.39 Å². The average molecular weight is 373 g/mol. The van der Waals surface area contributed by atoms with Crippen molar-refractivity contribution < 1.29 is 9.13 Å². The summed E-state index contributed by atoms with van der Waals surface area (Å²) in [6.45, 7) is 2.64. The van der Waals surface area contributed by atoms with E-state index in [1.165, 1.54) is 6.07 Å². The number of ether oxygens (including phenoxy) is 1. The van der Waals surface area contributed by atoms with Crippen LogP contribution in [-0.2, 0) is 0 Å². The van der Waals surface area contributed by atoms with Gasteiger partial charge in [0.2, 0.25) is 0 Å². The van der Waals surface area contributed by atoms with E-state index in [1.54, 1.807) is 19.2 Å². The molecular formula is C16H16BrClFNO. The summed E-state index contributed by atoms with van der Waals surface area (Å²) in [5.74, 6) is 0.346. The standard InChI is InChI=1S/C16H16BrClFNO/c1-3-20-16(15-12(18)5-4-6-13(15)19)11-9-10(17)7-8-14(11)21-2/h4-9,16,20H,3H2,1-2H3.